The van der Waals surface area contributed by atoms with Gasteiger partial charge < -0.3 is 0 Å². The van der Waals surface area contributed by atoms with Crippen molar-refractivity contribution in [1.29, 1.82) is 0 Å². The molecule has 27 heavy (non-hydrogen) atoms. The van der Waals surface area contributed by atoms with Gasteiger partial charge in [-0.2, -0.15) is 0 Å². The number of sulfonamides is 1. The van der Waals surface area contributed by atoms with Crippen molar-refractivity contribution in [3.63, 3.8) is 0 Å². The molecule has 0 spiro atoms. The van der Waals surface area contributed by atoms with Crippen LogP contribution in [0.15, 0.2) is 89.8 Å². The molecule has 0 unspecified atom stereocenters. The molecule has 0 aliphatic carbocycles. The molecule has 1 aliphatic rings. The van der Waals surface area contributed by atoms with E-state index in [4.69, 9.17) is 0 Å². The minimum Gasteiger partial charge on any atom is -0.273 e. The van der Waals surface area contributed by atoms with Crippen LogP contribution in [-0.2, 0) is 14.8 Å². The van der Waals surface area contributed by atoms with Crippen LogP contribution in [0.1, 0.15) is 28.7 Å². The number of β-lactam (4-membered cyclic amide) rings is 1. The fourth-order valence-electron chi connectivity index (χ4n) is 3.52. The highest BCUT2D eigenvalue weighted by Gasteiger charge is 2.54. The Bertz CT molecular complexity index is 1060. The normalized spacial score (nSPS) is 19.6. The van der Waals surface area contributed by atoms with Gasteiger partial charge in [0.25, 0.3) is 10.0 Å². The van der Waals surface area contributed by atoms with Gasteiger partial charge in [0.05, 0.1) is 16.9 Å². The lowest BCUT2D eigenvalue weighted by molar-refractivity contribution is -0.141. The summed E-state index contributed by atoms with van der Waals surface area (Å²) >= 11 is 0. The summed E-state index contributed by atoms with van der Waals surface area (Å²) in [5.74, 6) is -0.899. The molecule has 0 N–H and O–H groups in total. The van der Waals surface area contributed by atoms with Crippen LogP contribution in [0.25, 0.3) is 0 Å². The van der Waals surface area contributed by atoms with Gasteiger partial charge >= 0.3 is 0 Å². The zero-order chi connectivity index (χ0) is 19.0. The minimum absolute atomic E-state index is 0.133. The predicted octanol–water partition coefficient (Wildman–Crippen LogP) is 4.05. The Morgan fingerprint density at radius 2 is 1.26 bits per heavy atom. The number of rotatable bonds is 4. The highest BCUT2D eigenvalue weighted by atomic mass is 32.2. The third kappa shape index (κ3) is 2.94. The minimum atomic E-state index is -3.92. The molecule has 0 radical (unpaired) electrons. The van der Waals surface area contributed by atoms with Crippen molar-refractivity contribution in [3.05, 3.63) is 102 Å². The Hall–Kier alpha value is -2.92. The van der Waals surface area contributed by atoms with Crippen LogP contribution in [0.2, 0.25) is 0 Å². The molecule has 4 rings (SSSR count). The Labute approximate surface area is 159 Å². The molecule has 3 aromatic rings. The average molecular weight is 377 g/mol. The van der Waals surface area contributed by atoms with Gasteiger partial charge in [0.2, 0.25) is 5.91 Å². The first-order chi connectivity index (χ1) is 13.0. The van der Waals surface area contributed by atoms with E-state index in [1.165, 1.54) is 0 Å². The van der Waals surface area contributed by atoms with Gasteiger partial charge in [-0.15, -0.1) is 0 Å². The molecule has 1 amide bonds. The van der Waals surface area contributed by atoms with E-state index in [2.05, 4.69) is 0 Å². The summed E-state index contributed by atoms with van der Waals surface area (Å²) in [7, 11) is -3.92. The maximum absolute atomic E-state index is 13.2. The first-order valence-corrected chi connectivity index (χ1v) is 10.2. The van der Waals surface area contributed by atoms with E-state index in [0.717, 1.165) is 21.0 Å². The second kappa shape index (κ2) is 6.67. The summed E-state index contributed by atoms with van der Waals surface area (Å²) in [4.78, 5) is 13.1. The van der Waals surface area contributed by atoms with Gasteiger partial charge in [-0.3, -0.25) is 4.79 Å². The van der Waals surface area contributed by atoms with Crippen LogP contribution < -0.4 is 0 Å². The van der Waals surface area contributed by atoms with Crippen molar-refractivity contribution < 1.29 is 13.2 Å². The lowest BCUT2D eigenvalue weighted by Crippen LogP contribution is -2.55. The van der Waals surface area contributed by atoms with Crippen molar-refractivity contribution in [2.45, 2.75) is 23.8 Å². The summed E-state index contributed by atoms with van der Waals surface area (Å²) in [6.07, 6.45) is 0. The predicted molar refractivity (Wildman–Crippen MR) is 104 cm³/mol. The first kappa shape index (κ1) is 17.5. The van der Waals surface area contributed by atoms with Crippen LogP contribution in [0.5, 0.6) is 0 Å². The van der Waals surface area contributed by atoms with E-state index in [0.29, 0.717) is 0 Å². The smallest absolute Gasteiger partial charge is 0.267 e. The van der Waals surface area contributed by atoms with Crippen molar-refractivity contribution >= 4 is 15.9 Å². The van der Waals surface area contributed by atoms with Crippen LogP contribution in [0.4, 0.5) is 0 Å². The third-order valence-electron chi connectivity index (χ3n) is 4.93. The van der Waals surface area contributed by atoms with Crippen LogP contribution in [0.3, 0.4) is 0 Å². The number of hydrogen-bond donors (Lipinski definition) is 0. The zero-order valence-electron chi connectivity index (χ0n) is 14.8. The van der Waals surface area contributed by atoms with Gasteiger partial charge in [-0.1, -0.05) is 78.4 Å². The van der Waals surface area contributed by atoms with Crippen molar-refractivity contribution in [2.75, 3.05) is 0 Å². The molecule has 2 atom stereocenters. The molecule has 0 bridgehead atoms. The number of carbonyl (C=O) groups is 1. The lowest BCUT2D eigenvalue weighted by atomic mass is 9.80. The van der Waals surface area contributed by atoms with Gasteiger partial charge in [0.1, 0.15) is 0 Å². The Morgan fingerprint density at radius 1 is 0.741 bits per heavy atom. The summed E-state index contributed by atoms with van der Waals surface area (Å²) in [6.45, 7) is 1.89. The molecule has 1 fully saturated rings. The summed E-state index contributed by atoms with van der Waals surface area (Å²) < 4.78 is 27.4. The highest BCUT2D eigenvalue weighted by molar-refractivity contribution is 7.89. The van der Waals surface area contributed by atoms with Gasteiger partial charge in [-0.25, -0.2) is 12.7 Å². The van der Waals surface area contributed by atoms with Crippen LogP contribution in [0, 0.1) is 6.92 Å². The number of hydrogen-bond acceptors (Lipinski definition) is 3. The van der Waals surface area contributed by atoms with E-state index < -0.39 is 27.9 Å². The number of amides is 1. The quantitative estimate of drug-likeness (QED) is 0.645. The molecule has 0 saturated carbocycles. The molecule has 1 aliphatic heterocycles. The standard InChI is InChI=1S/C22H19NO3S/c1-16-12-14-19(15-13-16)27(25,26)23-21(18-10-6-3-7-11-18)20(22(23)24)17-8-4-2-5-9-17/h2-15,20-21H,1H3/t20-,21-/m0/s1. The molecule has 3 aromatic carbocycles. The summed E-state index contributed by atoms with van der Waals surface area (Å²) in [5, 5.41) is 0. The van der Waals surface area contributed by atoms with E-state index in [9.17, 15) is 13.2 Å². The Morgan fingerprint density at radius 3 is 1.81 bits per heavy atom. The monoisotopic (exact) mass is 377 g/mol. The van der Waals surface area contributed by atoms with E-state index in [-0.39, 0.29) is 4.90 Å². The zero-order valence-corrected chi connectivity index (χ0v) is 15.6. The molecule has 4 nitrogen and oxygen atoms in total. The number of benzene rings is 3. The van der Waals surface area contributed by atoms with Gasteiger partial charge in [-0.05, 0) is 30.2 Å². The van der Waals surface area contributed by atoms with Crippen molar-refractivity contribution in [3.8, 4) is 0 Å². The second-order valence-corrected chi connectivity index (χ2v) is 8.51. The number of nitrogens with zero attached hydrogens (tertiary/aromatic N) is 1. The third-order valence-corrected chi connectivity index (χ3v) is 6.72. The maximum atomic E-state index is 13.2. The average Bonchev–Trinajstić information content (AvgIpc) is 2.67. The molecule has 0 aromatic heterocycles. The molecular formula is C22H19NO3S. The number of aryl methyl sites for hydroxylation is 1. The fraction of sp³-hybridized carbons (Fsp3) is 0.136. The number of carbonyl (C=O) groups excluding carboxylic acids is 1. The Balaban J connectivity index is 1.80. The van der Waals surface area contributed by atoms with Gasteiger partial charge in [0.15, 0.2) is 0 Å². The summed E-state index contributed by atoms with van der Waals surface area (Å²) in [6, 6.07) is 24.7. The first-order valence-electron chi connectivity index (χ1n) is 8.75. The molecule has 5 heteroatoms. The van der Waals surface area contributed by atoms with Crippen molar-refractivity contribution in [2.24, 2.45) is 0 Å². The molecule has 1 saturated heterocycles. The summed E-state index contributed by atoms with van der Waals surface area (Å²) in [5.41, 5.74) is 2.60. The largest absolute Gasteiger partial charge is 0.273 e. The van der Waals surface area contributed by atoms with Gasteiger partial charge in [0, 0.05) is 0 Å². The topological polar surface area (TPSA) is 54.5 Å². The fourth-order valence-corrected chi connectivity index (χ4v) is 5.12. The molecule has 136 valence electrons. The van der Waals surface area contributed by atoms with Crippen molar-refractivity contribution in [1.82, 2.24) is 4.31 Å². The SMILES string of the molecule is Cc1ccc(S(=O)(=O)N2C(=O)[C@@H](c3ccccc3)[C@@H]2c2ccccc2)cc1. The Kier molecular flexibility index (Phi) is 4.32. The highest BCUT2D eigenvalue weighted by Crippen LogP contribution is 2.49. The van der Waals surface area contributed by atoms with E-state index in [1.807, 2.05) is 67.6 Å². The van der Waals surface area contributed by atoms with E-state index >= 15 is 0 Å². The molecule has 1 heterocycles. The maximum Gasteiger partial charge on any atom is 0.267 e. The molecular weight excluding hydrogens is 358 g/mol. The second-order valence-electron chi connectivity index (χ2n) is 6.70. The lowest BCUT2D eigenvalue weighted by Gasteiger charge is -2.46. The van der Waals surface area contributed by atoms with E-state index in [1.54, 1.807) is 24.3 Å². The van der Waals surface area contributed by atoms with Crippen LogP contribution in [-0.4, -0.2) is 18.6 Å². The van der Waals surface area contributed by atoms with Crippen LogP contribution >= 0.6 is 0 Å².